The quantitative estimate of drug-likeness (QED) is 0.129. The van der Waals surface area contributed by atoms with Gasteiger partial charge in [-0.1, -0.05) is 90.1 Å². The molecule has 1 aliphatic rings. The van der Waals surface area contributed by atoms with Crippen molar-refractivity contribution in [2.24, 2.45) is 0 Å². The minimum atomic E-state index is -0.587. The summed E-state index contributed by atoms with van der Waals surface area (Å²) in [7, 11) is 0. The lowest BCUT2D eigenvalue weighted by molar-refractivity contribution is -0.113. The van der Waals surface area contributed by atoms with Gasteiger partial charge in [0.1, 0.15) is 6.04 Å². The molecule has 0 bridgehead atoms. The molecule has 240 valence electrons. The zero-order valence-corrected chi connectivity index (χ0v) is 28.1. The monoisotopic (exact) mass is 665 g/mol. The van der Waals surface area contributed by atoms with E-state index in [9.17, 15) is 4.79 Å². The number of anilines is 2. The van der Waals surface area contributed by atoms with Crippen LogP contribution in [0.25, 0.3) is 0 Å². The Labute approximate surface area is 284 Å². The van der Waals surface area contributed by atoms with Crippen molar-refractivity contribution in [3.05, 3.63) is 136 Å². The van der Waals surface area contributed by atoms with E-state index in [2.05, 4.69) is 22.8 Å². The largest absolute Gasteiger partial charge is 0.490 e. The fourth-order valence-corrected chi connectivity index (χ4v) is 6.59. The van der Waals surface area contributed by atoms with Crippen LogP contribution in [0.4, 0.5) is 11.6 Å². The second kappa shape index (κ2) is 14.8. The molecule has 1 amide bonds. The molecule has 0 fully saturated rings. The van der Waals surface area contributed by atoms with Gasteiger partial charge in [0.05, 0.1) is 18.8 Å². The van der Waals surface area contributed by atoms with Gasteiger partial charge in [-0.3, -0.25) is 4.79 Å². The van der Waals surface area contributed by atoms with Gasteiger partial charge in [-0.25, -0.2) is 4.68 Å². The molecule has 47 heavy (non-hydrogen) atoms. The molecule has 1 unspecified atom stereocenters. The third-order valence-electron chi connectivity index (χ3n) is 7.74. The average Bonchev–Trinajstić information content (AvgIpc) is 3.47. The summed E-state index contributed by atoms with van der Waals surface area (Å²) in [5.41, 5.74) is 5.97. The zero-order chi connectivity index (χ0) is 32.8. The molecule has 8 nitrogen and oxygen atoms in total. The lowest BCUT2D eigenvalue weighted by atomic mass is 9.94. The predicted octanol–water partition coefficient (Wildman–Crippen LogP) is 8.48. The van der Waals surface area contributed by atoms with E-state index in [0.29, 0.717) is 63.6 Å². The number of hydrogen-bond acceptors (Lipinski definition) is 7. The van der Waals surface area contributed by atoms with E-state index in [1.807, 2.05) is 106 Å². The number of nitrogens with one attached hydrogen (secondary N) is 2. The fourth-order valence-electron chi connectivity index (χ4n) is 5.48. The van der Waals surface area contributed by atoms with Crippen molar-refractivity contribution in [3.63, 3.8) is 0 Å². The summed E-state index contributed by atoms with van der Waals surface area (Å²) < 4.78 is 14.0. The van der Waals surface area contributed by atoms with Gasteiger partial charge in [-0.15, -0.1) is 5.10 Å². The van der Waals surface area contributed by atoms with Gasteiger partial charge in [-0.05, 0) is 73.4 Å². The summed E-state index contributed by atoms with van der Waals surface area (Å²) >= 11 is 7.90. The Morgan fingerprint density at radius 1 is 0.957 bits per heavy atom. The van der Waals surface area contributed by atoms with Crippen molar-refractivity contribution in [3.8, 4) is 11.5 Å². The summed E-state index contributed by atoms with van der Waals surface area (Å²) in [6.45, 7) is 6.77. The van der Waals surface area contributed by atoms with Crippen LogP contribution in [0.5, 0.6) is 11.5 Å². The predicted molar refractivity (Wildman–Crippen MR) is 189 cm³/mol. The van der Waals surface area contributed by atoms with E-state index in [1.54, 1.807) is 4.68 Å². The lowest BCUT2D eigenvalue weighted by Crippen LogP contribution is -2.31. The molecule has 0 radical (unpaired) electrons. The SMILES string of the molecule is CCOc1cc(C2C(C(=O)Nc3cccc(C)c3)=C(C)Nc3nc(SCc4ccccc4Cl)nn32)ccc1OCCc1ccccc1. The van der Waals surface area contributed by atoms with E-state index in [1.165, 1.54) is 17.3 Å². The van der Waals surface area contributed by atoms with Crippen LogP contribution in [-0.2, 0) is 17.0 Å². The number of rotatable bonds is 12. The maximum absolute atomic E-state index is 14.0. The fraction of sp³-hybridized carbons (Fsp3) is 0.216. The second-order valence-corrected chi connectivity index (χ2v) is 12.5. The van der Waals surface area contributed by atoms with E-state index < -0.39 is 6.04 Å². The molecule has 4 aromatic carbocycles. The molecule has 5 aromatic rings. The first-order valence-corrected chi connectivity index (χ1v) is 16.9. The minimum absolute atomic E-state index is 0.238. The zero-order valence-electron chi connectivity index (χ0n) is 26.5. The second-order valence-electron chi connectivity index (χ2n) is 11.2. The summed E-state index contributed by atoms with van der Waals surface area (Å²) in [4.78, 5) is 18.8. The molecule has 1 atom stereocenters. The summed E-state index contributed by atoms with van der Waals surface area (Å²) in [6.07, 6.45) is 0.768. The summed E-state index contributed by atoms with van der Waals surface area (Å²) in [5.74, 6) is 2.15. The number of hydrogen-bond donors (Lipinski definition) is 2. The molecule has 0 saturated carbocycles. The Kier molecular flexibility index (Phi) is 10.1. The van der Waals surface area contributed by atoms with Crippen LogP contribution in [0.1, 0.15) is 42.1 Å². The van der Waals surface area contributed by atoms with Crippen molar-refractivity contribution >= 4 is 40.9 Å². The normalized spacial score (nSPS) is 13.9. The van der Waals surface area contributed by atoms with Crippen LogP contribution in [0.3, 0.4) is 0 Å². The Bertz CT molecular complexity index is 1910. The highest BCUT2D eigenvalue weighted by molar-refractivity contribution is 7.98. The number of carbonyl (C=O) groups excluding carboxylic acids is 1. The van der Waals surface area contributed by atoms with Gasteiger partial charge in [0.2, 0.25) is 11.1 Å². The lowest BCUT2D eigenvalue weighted by Gasteiger charge is -2.29. The number of carbonyl (C=O) groups is 1. The van der Waals surface area contributed by atoms with Crippen LogP contribution in [-0.4, -0.2) is 33.9 Å². The van der Waals surface area contributed by atoms with Gasteiger partial charge in [0, 0.05) is 28.6 Å². The highest BCUT2D eigenvalue weighted by Crippen LogP contribution is 2.40. The number of aryl methyl sites for hydroxylation is 1. The molecular weight excluding hydrogens is 630 g/mol. The third kappa shape index (κ3) is 7.64. The van der Waals surface area contributed by atoms with E-state index in [0.717, 1.165) is 23.1 Å². The first-order valence-electron chi connectivity index (χ1n) is 15.5. The molecular formula is C37H36ClN5O3S. The number of halogens is 1. The van der Waals surface area contributed by atoms with Crippen molar-refractivity contribution in [2.45, 2.75) is 44.1 Å². The smallest absolute Gasteiger partial charge is 0.255 e. The number of ether oxygens (including phenoxy) is 2. The van der Waals surface area contributed by atoms with Crippen LogP contribution in [0, 0.1) is 6.92 Å². The van der Waals surface area contributed by atoms with Crippen molar-refractivity contribution in [1.29, 1.82) is 0 Å². The maximum Gasteiger partial charge on any atom is 0.255 e. The van der Waals surface area contributed by atoms with E-state index >= 15 is 0 Å². The van der Waals surface area contributed by atoms with Gasteiger partial charge in [-0.2, -0.15) is 4.98 Å². The minimum Gasteiger partial charge on any atom is -0.490 e. The van der Waals surface area contributed by atoms with E-state index in [4.69, 9.17) is 31.2 Å². The molecule has 0 spiro atoms. The summed E-state index contributed by atoms with van der Waals surface area (Å²) in [6, 6.07) is 30.9. The molecule has 0 aliphatic carbocycles. The Morgan fingerprint density at radius 3 is 2.55 bits per heavy atom. The Hall–Kier alpha value is -4.73. The molecule has 6 rings (SSSR count). The molecule has 2 heterocycles. The van der Waals surface area contributed by atoms with Crippen LogP contribution in [0.15, 0.2) is 113 Å². The molecule has 1 aromatic heterocycles. The third-order valence-corrected chi connectivity index (χ3v) is 9.00. The van der Waals surface area contributed by atoms with Crippen molar-refractivity contribution < 1.29 is 14.3 Å². The number of thioether (sulfide) groups is 1. The number of amides is 1. The highest BCUT2D eigenvalue weighted by Gasteiger charge is 2.35. The number of nitrogens with zero attached hydrogens (tertiary/aromatic N) is 3. The number of benzene rings is 4. The average molecular weight is 666 g/mol. The van der Waals surface area contributed by atoms with Crippen molar-refractivity contribution in [1.82, 2.24) is 14.8 Å². The van der Waals surface area contributed by atoms with Gasteiger partial charge in [0.15, 0.2) is 11.5 Å². The maximum atomic E-state index is 14.0. The van der Waals surface area contributed by atoms with Crippen LogP contribution < -0.4 is 20.1 Å². The number of allylic oxidation sites excluding steroid dienone is 1. The van der Waals surface area contributed by atoms with Crippen LogP contribution in [0.2, 0.25) is 5.02 Å². The molecule has 1 aliphatic heterocycles. The van der Waals surface area contributed by atoms with Crippen LogP contribution >= 0.6 is 23.4 Å². The summed E-state index contributed by atoms with van der Waals surface area (Å²) in [5, 5.41) is 12.6. The van der Waals surface area contributed by atoms with Gasteiger partial charge < -0.3 is 20.1 Å². The van der Waals surface area contributed by atoms with Gasteiger partial charge >= 0.3 is 0 Å². The topological polar surface area (TPSA) is 90.3 Å². The number of aromatic nitrogens is 3. The molecule has 0 saturated heterocycles. The van der Waals surface area contributed by atoms with Crippen molar-refractivity contribution in [2.75, 3.05) is 23.8 Å². The Balaban J connectivity index is 1.33. The molecule has 10 heteroatoms. The van der Waals surface area contributed by atoms with E-state index in [-0.39, 0.29) is 5.91 Å². The highest BCUT2D eigenvalue weighted by atomic mass is 35.5. The first kappa shape index (κ1) is 32.2. The standard InChI is InChI=1S/C37H36ClN5O3S/c1-4-45-32-22-27(17-18-31(32)46-20-19-26-12-6-5-7-13-26)34-33(35(44)40-29-15-10-11-24(2)21-29)25(3)39-36-41-37(42-43(34)36)47-23-28-14-8-9-16-30(28)38/h5-18,21-22,34H,4,19-20,23H2,1-3H3,(H,40,44)(H,39,41,42). The molecule has 2 N–H and O–H groups in total. The van der Waals surface area contributed by atoms with Gasteiger partial charge in [0.25, 0.3) is 5.91 Å². The number of fused-ring (bicyclic) bond motifs is 1. The Morgan fingerprint density at radius 2 is 1.77 bits per heavy atom. The first-order chi connectivity index (χ1) is 22.9.